The van der Waals surface area contributed by atoms with Gasteiger partial charge in [0.05, 0.1) is 6.54 Å². The van der Waals surface area contributed by atoms with E-state index in [1.54, 1.807) is 0 Å². The first kappa shape index (κ1) is 16.0. The first-order valence-corrected chi connectivity index (χ1v) is 7.96. The van der Waals surface area contributed by atoms with Crippen LogP contribution in [0.1, 0.15) is 31.7 Å². The minimum absolute atomic E-state index is 0.0199. The fourth-order valence-corrected chi connectivity index (χ4v) is 2.81. The van der Waals surface area contributed by atoms with Crippen LogP contribution in [0.2, 0.25) is 0 Å². The first-order valence-electron chi connectivity index (χ1n) is 7.96. The number of anilines is 1. The summed E-state index contributed by atoms with van der Waals surface area (Å²) >= 11 is 0. The summed E-state index contributed by atoms with van der Waals surface area (Å²) in [6.07, 6.45) is 3.96. The standard InChI is InChI=1S/C17H27N3O/c1-14-7-6-8-16(11-14)19-17(21)13-18-12-15(2)20-9-4-3-5-10-20/h6-8,11,15,18H,3-5,9-10,12-13H2,1-2H3,(H,19,21). The number of benzene rings is 1. The maximum atomic E-state index is 11.9. The molecule has 2 N–H and O–H groups in total. The number of carbonyl (C=O) groups is 1. The zero-order chi connectivity index (χ0) is 15.1. The summed E-state index contributed by atoms with van der Waals surface area (Å²) in [6.45, 7) is 7.87. The van der Waals surface area contributed by atoms with Crippen molar-refractivity contribution in [3.63, 3.8) is 0 Å². The number of hydrogen-bond acceptors (Lipinski definition) is 3. The molecule has 0 radical (unpaired) electrons. The smallest absolute Gasteiger partial charge is 0.238 e. The van der Waals surface area contributed by atoms with Crippen molar-refractivity contribution >= 4 is 11.6 Å². The normalized spacial score (nSPS) is 17.4. The second kappa shape index (κ2) is 8.15. The van der Waals surface area contributed by atoms with Gasteiger partial charge in [-0.1, -0.05) is 18.6 Å². The van der Waals surface area contributed by atoms with Crippen LogP contribution in [-0.4, -0.2) is 43.0 Å². The number of nitrogens with zero attached hydrogens (tertiary/aromatic N) is 1. The van der Waals surface area contributed by atoms with Crippen LogP contribution in [0.25, 0.3) is 0 Å². The molecule has 0 aromatic heterocycles. The van der Waals surface area contributed by atoms with Crippen LogP contribution < -0.4 is 10.6 Å². The third-order valence-corrected chi connectivity index (χ3v) is 4.04. The van der Waals surface area contributed by atoms with Crippen molar-refractivity contribution in [1.82, 2.24) is 10.2 Å². The largest absolute Gasteiger partial charge is 0.325 e. The SMILES string of the molecule is Cc1cccc(NC(=O)CNCC(C)N2CCCCC2)c1. The molecule has 0 saturated carbocycles. The van der Waals surface area contributed by atoms with Gasteiger partial charge in [-0.25, -0.2) is 0 Å². The summed E-state index contributed by atoms with van der Waals surface area (Å²) in [4.78, 5) is 14.4. The van der Waals surface area contributed by atoms with Crippen LogP contribution in [0.3, 0.4) is 0 Å². The molecule has 1 unspecified atom stereocenters. The number of rotatable bonds is 6. The van der Waals surface area contributed by atoms with Crippen molar-refractivity contribution in [2.24, 2.45) is 0 Å². The van der Waals surface area contributed by atoms with Crippen molar-refractivity contribution < 1.29 is 4.79 Å². The van der Waals surface area contributed by atoms with Gasteiger partial charge in [-0.05, 0) is 57.5 Å². The fraction of sp³-hybridized carbons (Fsp3) is 0.588. The van der Waals surface area contributed by atoms with Gasteiger partial charge < -0.3 is 10.6 Å². The summed E-state index contributed by atoms with van der Waals surface area (Å²) in [7, 11) is 0. The van der Waals surface area contributed by atoms with E-state index in [-0.39, 0.29) is 5.91 Å². The highest BCUT2D eigenvalue weighted by Crippen LogP contribution is 2.11. The Bertz CT molecular complexity index is 455. The van der Waals surface area contributed by atoms with E-state index in [0.29, 0.717) is 12.6 Å². The summed E-state index contributed by atoms with van der Waals surface area (Å²) in [5.74, 6) is 0.0199. The number of likely N-dealkylation sites (tertiary alicyclic amines) is 1. The number of amides is 1. The summed E-state index contributed by atoms with van der Waals surface area (Å²) in [5, 5.41) is 6.18. The van der Waals surface area contributed by atoms with Crippen LogP contribution in [0.4, 0.5) is 5.69 Å². The predicted molar refractivity (Wildman–Crippen MR) is 87.6 cm³/mol. The van der Waals surface area contributed by atoms with Gasteiger partial charge in [-0.3, -0.25) is 9.69 Å². The lowest BCUT2D eigenvalue weighted by atomic mass is 10.1. The van der Waals surface area contributed by atoms with Crippen molar-refractivity contribution in [2.75, 3.05) is 31.5 Å². The van der Waals surface area contributed by atoms with Crippen LogP contribution >= 0.6 is 0 Å². The van der Waals surface area contributed by atoms with Crippen molar-refractivity contribution in [2.45, 2.75) is 39.2 Å². The Morgan fingerprint density at radius 2 is 2.05 bits per heavy atom. The molecule has 0 bridgehead atoms. The lowest BCUT2D eigenvalue weighted by Crippen LogP contribution is -2.44. The molecule has 116 valence electrons. The summed E-state index contributed by atoms with van der Waals surface area (Å²) < 4.78 is 0. The van der Waals surface area contributed by atoms with Crippen molar-refractivity contribution in [3.8, 4) is 0 Å². The molecule has 0 aliphatic carbocycles. The molecule has 2 rings (SSSR count). The highest BCUT2D eigenvalue weighted by molar-refractivity contribution is 5.92. The molecule has 1 saturated heterocycles. The van der Waals surface area contributed by atoms with Crippen LogP contribution in [-0.2, 0) is 4.79 Å². The Morgan fingerprint density at radius 1 is 1.29 bits per heavy atom. The molecule has 21 heavy (non-hydrogen) atoms. The molecule has 4 heteroatoms. The lowest BCUT2D eigenvalue weighted by Gasteiger charge is -2.32. The van der Waals surface area contributed by atoms with Crippen molar-refractivity contribution in [1.29, 1.82) is 0 Å². The van der Waals surface area contributed by atoms with E-state index in [0.717, 1.165) is 17.8 Å². The Morgan fingerprint density at radius 3 is 2.76 bits per heavy atom. The minimum Gasteiger partial charge on any atom is -0.325 e. The molecule has 1 aromatic rings. The fourth-order valence-electron chi connectivity index (χ4n) is 2.81. The Balaban J connectivity index is 1.66. The molecule has 1 heterocycles. The highest BCUT2D eigenvalue weighted by atomic mass is 16.1. The lowest BCUT2D eigenvalue weighted by molar-refractivity contribution is -0.115. The van der Waals surface area contributed by atoms with E-state index in [4.69, 9.17) is 0 Å². The third kappa shape index (κ3) is 5.48. The van der Waals surface area contributed by atoms with E-state index in [9.17, 15) is 4.79 Å². The number of aryl methyl sites for hydroxylation is 1. The molecule has 1 aromatic carbocycles. The van der Waals surface area contributed by atoms with Gasteiger partial charge in [0.2, 0.25) is 5.91 Å². The topological polar surface area (TPSA) is 44.4 Å². The second-order valence-corrected chi connectivity index (χ2v) is 5.99. The predicted octanol–water partition coefficient (Wildman–Crippen LogP) is 2.40. The minimum atomic E-state index is 0.0199. The van der Waals surface area contributed by atoms with E-state index in [1.165, 1.54) is 32.4 Å². The van der Waals surface area contributed by atoms with Gasteiger partial charge in [0.1, 0.15) is 0 Å². The number of nitrogens with one attached hydrogen (secondary N) is 2. The molecular formula is C17H27N3O. The molecule has 1 aliphatic heterocycles. The monoisotopic (exact) mass is 289 g/mol. The van der Waals surface area contributed by atoms with E-state index >= 15 is 0 Å². The number of carbonyl (C=O) groups excluding carboxylic acids is 1. The molecule has 1 amide bonds. The van der Waals surface area contributed by atoms with Gasteiger partial charge in [0.15, 0.2) is 0 Å². The average molecular weight is 289 g/mol. The quantitative estimate of drug-likeness (QED) is 0.845. The van der Waals surface area contributed by atoms with E-state index in [1.807, 2.05) is 31.2 Å². The summed E-state index contributed by atoms with van der Waals surface area (Å²) in [5.41, 5.74) is 2.02. The van der Waals surface area contributed by atoms with Crippen LogP contribution in [0.5, 0.6) is 0 Å². The van der Waals surface area contributed by atoms with Gasteiger partial charge in [-0.15, -0.1) is 0 Å². The molecule has 1 atom stereocenters. The number of hydrogen-bond donors (Lipinski definition) is 2. The van der Waals surface area contributed by atoms with E-state index in [2.05, 4.69) is 22.5 Å². The molecule has 4 nitrogen and oxygen atoms in total. The highest BCUT2D eigenvalue weighted by Gasteiger charge is 2.16. The zero-order valence-corrected chi connectivity index (χ0v) is 13.2. The van der Waals surface area contributed by atoms with Crippen LogP contribution in [0, 0.1) is 6.92 Å². The molecule has 0 spiro atoms. The van der Waals surface area contributed by atoms with Gasteiger partial charge in [0.25, 0.3) is 0 Å². The third-order valence-electron chi connectivity index (χ3n) is 4.04. The Kier molecular flexibility index (Phi) is 6.21. The summed E-state index contributed by atoms with van der Waals surface area (Å²) in [6, 6.07) is 8.37. The van der Waals surface area contributed by atoms with Crippen LogP contribution in [0.15, 0.2) is 24.3 Å². The maximum Gasteiger partial charge on any atom is 0.238 e. The van der Waals surface area contributed by atoms with E-state index < -0.39 is 0 Å². The number of piperidine rings is 1. The first-order chi connectivity index (χ1) is 10.1. The average Bonchev–Trinajstić information content (AvgIpc) is 2.48. The van der Waals surface area contributed by atoms with Gasteiger partial charge >= 0.3 is 0 Å². The molecule has 1 fully saturated rings. The Labute approximate surface area is 127 Å². The second-order valence-electron chi connectivity index (χ2n) is 5.99. The molecule has 1 aliphatic rings. The van der Waals surface area contributed by atoms with Crippen molar-refractivity contribution in [3.05, 3.63) is 29.8 Å². The van der Waals surface area contributed by atoms with Gasteiger partial charge in [0, 0.05) is 18.3 Å². The molecular weight excluding hydrogens is 262 g/mol. The zero-order valence-electron chi connectivity index (χ0n) is 13.2. The Hall–Kier alpha value is -1.39. The van der Waals surface area contributed by atoms with Gasteiger partial charge in [-0.2, -0.15) is 0 Å². The maximum absolute atomic E-state index is 11.9.